The first-order valence-corrected chi connectivity index (χ1v) is 8.81. The summed E-state index contributed by atoms with van der Waals surface area (Å²) in [6, 6.07) is 12.2. The minimum absolute atomic E-state index is 0.171. The monoisotopic (exact) mass is 371 g/mol. The Hall–Kier alpha value is -2.77. The first kappa shape index (κ1) is 19.0. The van der Waals surface area contributed by atoms with Crippen LogP contribution in [0.5, 0.6) is 0 Å². The Bertz CT molecular complexity index is 793. The molecule has 7 heteroatoms. The molecule has 2 aromatic rings. The highest BCUT2D eigenvalue weighted by atomic mass is 19.1. The van der Waals surface area contributed by atoms with Gasteiger partial charge in [0.05, 0.1) is 12.7 Å². The first-order valence-electron chi connectivity index (χ1n) is 8.81. The highest BCUT2D eigenvalue weighted by Gasteiger charge is 2.28. The molecular formula is C20H22FN3O3. The summed E-state index contributed by atoms with van der Waals surface area (Å²) in [6.45, 7) is 3.38. The van der Waals surface area contributed by atoms with Crippen LogP contribution in [-0.2, 0) is 16.1 Å². The average Bonchev–Trinajstić information content (AvgIpc) is 2.68. The fourth-order valence-electron chi connectivity index (χ4n) is 2.84. The number of hydrogen-bond donors (Lipinski definition) is 3. The van der Waals surface area contributed by atoms with Gasteiger partial charge in [-0.2, -0.15) is 0 Å². The Morgan fingerprint density at radius 1 is 1.15 bits per heavy atom. The standard InChI is InChI=1S/C20H22FN3O3/c1-13-18(22-10-11-27-13)20(26)24-17-8-4-15(5-9-17)19(25)23-12-14-2-6-16(21)7-3-14/h2-9,13,18,22H,10-12H2,1H3,(H,23,25)(H,24,26)/t13-,18+/m1/s1. The number of nitrogens with one attached hydrogen (secondary N) is 3. The zero-order valence-electron chi connectivity index (χ0n) is 15.0. The van der Waals surface area contributed by atoms with Crippen molar-refractivity contribution in [3.63, 3.8) is 0 Å². The zero-order chi connectivity index (χ0) is 19.2. The van der Waals surface area contributed by atoms with Gasteiger partial charge in [0.2, 0.25) is 5.91 Å². The van der Waals surface area contributed by atoms with E-state index < -0.39 is 6.04 Å². The fourth-order valence-corrected chi connectivity index (χ4v) is 2.84. The fraction of sp³-hybridized carbons (Fsp3) is 0.300. The van der Waals surface area contributed by atoms with E-state index in [2.05, 4.69) is 16.0 Å². The second kappa shape index (κ2) is 8.75. The van der Waals surface area contributed by atoms with Crippen LogP contribution in [0.3, 0.4) is 0 Å². The molecule has 2 atom stereocenters. The Morgan fingerprint density at radius 2 is 1.85 bits per heavy atom. The number of benzene rings is 2. The third-order valence-corrected chi connectivity index (χ3v) is 4.38. The molecule has 0 spiro atoms. The van der Waals surface area contributed by atoms with E-state index in [1.807, 2.05) is 6.92 Å². The molecule has 27 heavy (non-hydrogen) atoms. The van der Waals surface area contributed by atoms with Crippen molar-refractivity contribution in [2.45, 2.75) is 25.6 Å². The quantitative estimate of drug-likeness (QED) is 0.752. The Labute approximate surface area is 157 Å². The van der Waals surface area contributed by atoms with Crippen molar-refractivity contribution < 1.29 is 18.7 Å². The molecule has 142 valence electrons. The van der Waals surface area contributed by atoms with Crippen LogP contribution in [0.2, 0.25) is 0 Å². The summed E-state index contributed by atoms with van der Waals surface area (Å²) in [5.41, 5.74) is 1.89. The Morgan fingerprint density at radius 3 is 2.52 bits per heavy atom. The van der Waals surface area contributed by atoms with Crippen LogP contribution in [0, 0.1) is 5.82 Å². The second-order valence-corrected chi connectivity index (χ2v) is 6.38. The molecule has 2 amide bonds. The van der Waals surface area contributed by atoms with Gasteiger partial charge in [-0.05, 0) is 48.9 Å². The summed E-state index contributed by atoms with van der Waals surface area (Å²) in [4.78, 5) is 24.5. The van der Waals surface area contributed by atoms with Gasteiger partial charge in [0, 0.05) is 24.3 Å². The largest absolute Gasteiger partial charge is 0.375 e. The number of amides is 2. The van der Waals surface area contributed by atoms with E-state index >= 15 is 0 Å². The van der Waals surface area contributed by atoms with Crippen molar-refractivity contribution in [3.8, 4) is 0 Å². The van der Waals surface area contributed by atoms with E-state index in [-0.39, 0.29) is 23.7 Å². The number of carbonyl (C=O) groups is 2. The molecule has 1 fully saturated rings. The van der Waals surface area contributed by atoms with Crippen LogP contribution in [0.15, 0.2) is 48.5 Å². The van der Waals surface area contributed by atoms with E-state index in [1.165, 1.54) is 12.1 Å². The molecule has 0 aromatic heterocycles. The van der Waals surface area contributed by atoms with Crippen molar-refractivity contribution in [2.75, 3.05) is 18.5 Å². The summed E-state index contributed by atoms with van der Waals surface area (Å²) < 4.78 is 18.4. The van der Waals surface area contributed by atoms with Crippen molar-refractivity contribution in [1.82, 2.24) is 10.6 Å². The molecule has 6 nitrogen and oxygen atoms in total. The average molecular weight is 371 g/mol. The number of ether oxygens (including phenoxy) is 1. The highest BCUT2D eigenvalue weighted by molar-refractivity contribution is 5.97. The van der Waals surface area contributed by atoms with Gasteiger partial charge in [-0.25, -0.2) is 4.39 Å². The van der Waals surface area contributed by atoms with Crippen LogP contribution < -0.4 is 16.0 Å². The highest BCUT2D eigenvalue weighted by Crippen LogP contribution is 2.12. The van der Waals surface area contributed by atoms with Crippen LogP contribution in [-0.4, -0.2) is 37.1 Å². The molecule has 1 aliphatic rings. The van der Waals surface area contributed by atoms with E-state index in [0.717, 1.165) is 5.56 Å². The SMILES string of the molecule is C[C@H]1OCCN[C@@H]1C(=O)Nc1ccc(C(=O)NCc2ccc(F)cc2)cc1. The lowest BCUT2D eigenvalue weighted by Gasteiger charge is -2.29. The predicted octanol–water partition coefficient (Wildman–Crippen LogP) is 2.07. The summed E-state index contributed by atoms with van der Waals surface area (Å²) in [5.74, 6) is -0.726. The summed E-state index contributed by atoms with van der Waals surface area (Å²) >= 11 is 0. The molecule has 0 bridgehead atoms. The third kappa shape index (κ3) is 5.12. The van der Waals surface area contributed by atoms with Gasteiger partial charge in [-0.3, -0.25) is 9.59 Å². The van der Waals surface area contributed by atoms with E-state index in [9.17, 15) is 14.0 Å². The van der Waals surface area contributed by atoms with Gasteiger partial charge in [0.1, 0.15) is 11.9 Å². The van der Waals surface area contributed by atoms with E-state index in [1.54, 1.807) is 36.4 Å². The summed E-state index contributed by atoms with van der Waals surface area (Å²) in [5, 5.41) is 8.73. The lowest BCUT2D eigenvalue weighted by Crippen LogP contribution is -2.53. The minimum Gasteiger partial charge on any atom is -0.375 e. The van der Waals surface area contributed by atoms with Crippen LogP contribution in [0.4, 0.5) is 10.1 Å². The molecule has 1 aliphatic heterocycles. The van der Waals surface area contributed by atoms with Crippen LogP contribution in [0.25, 0.3) is 0 Å². The van der Waals surface area contributed by atoms with Crippen LogP contribution in [0.1, 0.15) is 22.8 Å². The maximum atomic E-state index is 12.9. The maximum absolute atomic E-state index is 12.9. The smallest absolute Gasteiger partial charge is 0.251 e. The number of halogens is 1. The third-order valence-electron chi connectivity index (χ3n) is 4.38. The number of anilines is 1. The molecular weight excluding hydrogens is 349 g/mol. The molecule has 0 unspecified atom stereocenters. The van der Waals surface area contributed by atoms with Crippen molar-refractivity contribution >= 4 is 17.5 Å². The zero-order valence-corrected chi connectivity index (χ0v) is 15.0. The summed E-state index contributed by atoms with van der Waals surface area (Å²) in [7, 11) is 0. The number of morpholine rings is 1. The molecule has 0 aliphatic carbocycles. The lowest BCUT2D eigenvalue weighted by molar-refractivity contribution is -0.123. The van der Waals surface area contributed by atoms with Crippen molar-refractivity contribution in [2.24, 2.45) is 0 Å². The predicted molar refractivity (Wildman–Crippen MR) is 99.8 cm³/mol. The Kier molecular flexibility index (Phi) is 6.16. The van der Waals surface area contributed by atoms with Crippen LogP contribution >= 0.6 is 0 Å². The molecule has 1 heterocycles. The summed E-state index contributed by atoms with van der Waals surface area (Å²) in [6.07, 6.45) is -0.199. The van der Waals surface area contributed by atoms with Gasteiger partial charge in [0.25, 0.3) is 5.91 Å². The second-order valence-electron chi connectivity index (χ2n) is 6.38. The van der Waals surface area contributed by atoms with Crippen molar-refractivity contribution in [1.29, 1.82) is 0 Å². The van der Waals surface area contributed by atoms with Gasteiger partial charge in [-0.1, -0.05) is 12.1 Å². The number of rotatable bonds is 5. The maximum Gasteiger partial charge on any atom is 0.251 e. The number of carbonyl (C=O) groups excluding carboxylic acids is 2. The molecule has 2 aromatic carbocycles. The lowest BCUT2D eigenvalue weighted by atomic mass is 10.1. The minimum atomic E-state index is -0.405. The van der Waals surface area contributed by atoms with Gasteiger partial charge < -0.3 is 20.7 Å². The molecule has 1 saturated heterocycles. The molecule has 0 saturated carbocycles. The van der Waals surface area contributed by atoms with Gasteiger partial charge >= 0.3 is 0 Å². The molecule has 0 radical (unpaired) electrons. The molecule has 3 rings (SSSR count). The van der Waals surface area contributed by atoms with Crippen molar-refractivity contribution in [3.05, 3.63) is 65.5 Å². The van der Waals surface area contributed by atoms with Gasteiger partial charge in [0.15, 0.2) is 0 Å². The number of hydrogen-bond acceptors (Lipinski definition) is 4. The van der Waals surface area contributed by atoms with E-state index in [4.69, 9.17) is 4.74 Å². The van der Waals surface area contributed by atoms with Gasteiger partial charge in [-0.15, -0.1) is 0 Å². The molecule has 3 N–H and O–H groups in total. The topological polar surface area (TPSA) is 79.5 Å². The van der Waals surface area contributed by atoms with E-state index in [0.29, 0.717) is 30.9 Å². The normalized spacial score (nSPS) is 19.3. The Balaban J connectivity index is 1.53. The first-order chi connectivity index (χ1) is 13.0.